The number of β-amino-alcohol motifs (C(OH)–C–C–N with tert-alkyl or cyclic N) is 1. The second-order valence-electron chi connectivity index (χ2n) is 3.76. The summed E-state index contributed by atoms with van der Waals surface area (Å²) < 4.78 is 36.3. The van der Waals surface area contributed by atoms with Crippen molar-refractivity contribution in [3.63, 3.8) is 0 Å². The fourth-order valence-electron chi connectivity index (χ4n) is 1.56. The molecule has 98 valence electrons. The highest BCUT2D eigenvalue weighted by atomic mass is 19.4. The van der Waals surface area contributed by atoms with Gasteiger partial charge in [0.05, 0.1) is 12.6 Å². The number of halogens is 3. The summed E-state index contributed by atoms with van der Waals surface area (Å²) in [4.78, 5) is 21.7. The van der Waals surface area contributed by atoms with Crippen LogP contribution >= 0.6 is 0 Å². The maximum absolute atomic E-state index is 12.1. The Morgan fingerprint density at radius 1 is 1.35 bits per heavy atom. The molecule has 1 saturated heterocycles. The van der Waals surface area contributed by atoms with Gasteiger partial charge in [0.1, 0.15) is 0 Å². The van der Waals surface area contributed by atoms with E-state index in [-0.39, 0.29) is 4.90 Å². The predicted molar refractivity (Wildman–Crippen MR) is 45.8 cm³/mol. The van der Waals surface area contributed by atoms with E-state index in [4.69, 9.17) is 5.11 Å². The number of carboxylic acid groups (broad SMARTS) is 1. The van der Waals surface area contributed by atoms with Crippen molar-refractivity contribution >= 4 is 11.9 Å². The van der Waals surface area contributed by atoms with Gasteiger partial charge in [0, 0.05) is 6.54 Å². The first-order valence-corrected chi connectivity index (χ1v) is 4.59. The predicted octanol–water partition coefficient (Wildman–Crippen LogP) is -1.04. The van der Waals surface area contributed by atoms with Gasteiger partial charge in [0.25, 0.3) is 0 Å². The number of alkyl halides is 3. The zero-order chi connectivity index (χ0) is 13.4. The van der Waals surface area contributed by atoms with E-state index in [0.29, 0.717) is 0 Å². The number of aliphatic hydroxyl groups excluding tert-OH is 1. The fraction of sp³-hybridized carbons (Fsp3) is 0.750. The molecule has 1 aliphatic heterocycles. The first-order chi connectivity index (χ1) is 7.59. The van der Waals surface area contributed by atoms with Gasteiger partial charge in [0.15, 0.2) is 0 Å². The lowest BCUT2D eigenvalue weighted by molar-refractivity contribution is -0.202. The highest BCUT2D eigenvalue weighted by Crippen LogP contribution is 2.26. The Morgan fingerprint density at radius 2 is 1.88 bits per heavy atom. The fourth-order valence-corrected chi connectivity index (χ4v) is 1.56. The van der Waals surface area contributed by atoms with Gasteiger partial charge in [-0.1, -0.05) is 0 Å². The molecular weight excluding hydrogens is 247 g/mol. The SMILES string of the molecule is O=C(N1CC[C@@H](O)[C@](O)(C(=O)O)C1)C(F)(F)F. The minimum absolute atomic E-state index is 0.167. The molecule has 3 N–H and O–H groups in total. The Balaban J connectivity index is 2.89. The summed E-state index contributed by atoms with van der Waals surface area (Å²) in [5.74, 6) is -4.10. The van der Waals surface area contributed by atoms with Gasteiger partial charge in [-0.25, -0.2) is 4.79 Å². The number of carbonyl (C=O) groups excluding carboxylic acids is 1. The number of aliphatic hydroxyl groups is 2. The number of hydrogen-bond donors (Lipinski definition) is 3. The summed E-state index contributed by atoms with van der Waals surface area (Å²) in [6.07, 6.45) is -7.29. The van der Waals surface area contributed by atoms with Crippen molar-refractivity contribution in [3.8, 4) is 0 Å². The zero-order valence-electron chi connectivity index (χ0n) is 8.44. The van der Waals surface area contributed by atoms with Crippen LogP contribution in [0.2, 0.25) is 0 Å². The van der Waals surface area contributed by atoms with Crippen molar-refractivity contribution in [2.45, 2.75) is 24.3 Å². The van der Waals surface area contributed by atoms with Crippen molar-refractivity contribution < 1.29 is 38.1 Å². The summed E-state index contributed by atoms with van der Waals surface area (Å²) in [7, 11) is 0. The van der Waals surface area contributed by atoms with E-state index in [0.717, 1.165) is 0 Å². The van der Waals surface area contributed by atoms with Gasteiger partial charge < -0.3 is 20.2 Å². The minimum Gasteiger partial charge on any atom is -0.479 e. The highest BCUT2D eigenvalue weighted by Gasteiger charge is 2.52. The molecule has 0 aromatic carbocycles. The van der Waals surface area contributed by atoms with Crippen LogP contribution in [-0.4, -0.2) is 63.1 Å². The van der Waals surface area contributed by atoms with Crippen molar-refractivity contribution in [2.24, 2.45) is 0 Å². The summed E-state index contributed by atoms with van der Waals surface area (Å²) in [5, 5.41) is 27.4. The van der Waals surface area contributed by atoms with Crippen molar-refractivity contribution in [1.82, 2.24) is 4.90 Å². The van der Waals surface area contributed by atoms with E-state index < -0.39 is 49.3 Å². The van der Waals surface area contributed by atoms with E-state index in [1.165, 1.54) is 0 Å². The molecule has 1 fully saturated rings. The van der Waals surface area contributed by atoms with Gasteiger partial charge in [-0.15, -0.1) is 0 Å². The van der Waals surface area contributed by atoms with E-state index in [1.54, 1.807) is 0 Å². The lowest BCUT2D eigenvalue weighted by atomic mass is 9.89. The second-order valence-corrected chi connectivity index (χ2v) is 3.76. The van der Waals surface area contributed by atoms with Gasteiger partial charge in [0.2, 0.25) is 5.60 Å². The van der Waals surface area contributed by atoms with Gasteiger partial charge in [-0.3, -0.25) is 4.79 Å². The molecule has 1 heterocycles. The van der Waals surface area contributed by atoms with Crippen LogP contribution in [0.3, 0.4) is 0 Å². The number of piperidine rings is 1. The molecule has 0 aromatic heterocycles. The molecule has 0 bridgehead atoms. The molecule has 0 aliphatic carbocycles. The van der Waals surface area contributed by atoms with E-state index in [9.17, 15) is 33.0 Å². The molecule has 6 nitrogen and oxygen atoms in total. The van der Waals surface area contributed by atoms with Crippen LogP contribution in [0.25, 0.3) is 0 Å². The summed E-state index contributed by atoms with van der Waals surface area (Å²) >= 11 is 0. The maximum atomic E-state index is 12.1. The molecule has 0 saturated carbocycles. The normalized spacial score (nSPS) is 30.2. The molecule has 2 atom stereocenters. The topological polar surface area (TPSA) is 98.1 Å². The van der Waals surface area contributed by atoms with Gasteiger partial charge in [-0.2, -0.15) is 13.2 Å². The minimum atomic E-state index is -5.14. The molecule has 1 amide bonds. The molecular formula is C8H10F3NO5. The molecule has 17 heavy (non-hydrogen) atoms. The largest absolute Gasteiger partial charge is 0.479 e. The van der Waals surface area contributed by atoms with Crippen LogP contribution in [0.15, 0.2) is 0 Å². The van der Waals surface area contributed by atoms with Crippen LogP contribution in [0.5, 0.6) is 0 Å². The smallest absolute Gasteiger partial charge is 0.471 e. The summed E-state index contributed by atoms with van der Waals surface area (Å²) in [6.45, 7) is -1.56. The Kier molecular flexibility index (Phi) is 3.35. The number of likely N-dealkylation sites (tertiary alicyclic amines) is 1. The third-order valence-electron chi connectivity index (χ3n) is 2.56. The van der Waals surface area contributed by atoms with Crippen LogP contribution in [0.4, 0.5) is 13.2 Å². The number of aliphatic carboxylic acids is 1. The quantitative estimate of drug-likeness (QED) is 0.557. The monoisotopic (exact) mass is 257 g/mol. The molecule has 0 aromatic rings. The Hall–Kier alpha value is -1.35. The number of carbonyl (C=O) groups is 2. The van der Waals surface area contributed by atoms with Crippen molar-refractivity contribution in [2.75, 3.05) is 13.1 Å². The van der Waals surface area contributed by atoms with Crippen LogP contribution in [0.1, 0.15) is 6.42 Å². The lowest BCUT2D eigenvalue weighted by Gasteiger charge is -2.39. The number of hydrogen-bond acceptors (Lipinski definition) is 4. The average molecular weight is 257 g/mol. The van der Waals surface area contributed by atoms with Gasteiger partial charge >= 0.3 is 18.1 Å². The molecule has 9 heteroatoms. The molecule has 1 rings (SSSR count). The number of amides is 1. The summed E-state index contributed by atoms with van der Waals surface area (Å²) in [5.41, 5.74) is -2.76. The second kappa shape index (κ2) is 4.15. The first kappa shape index (κ1) is 13.7. The number of rotatable bonds is 1. The number of carboxylic acids is 1. The highest BCUT2D eigenvalue weighted by molar-refractivity contribution is 5.84. The average Bonchev–Trinajstić information content (AvgIpc) is 2.19. The van der Waals surface area contributed by atoms with E-state index in [2.05, 4.69) is 0 Å². The van der Waals surface area contributed by atoms with Crippen LogP contribution in [0, 0.1) is 0 Å². The Morgan fingerprint density at radius 3 is 2.29 bits per heavy atom. The maximum Gasteiger partial charge on any atom is 0.471 e. The van der Waals surface area contributed by atoms with E-state index >= 15 is 0 Å². The molecule has 0 radical (unpaired) electrons. The summed E-state index contributed by atoms with van der Waals surface area (Å²) in [6, 6.07) is 0. The van der Waals surface area contributed by atoms with Crippen molar-refractivity contribution in [3.05, 3.63) is 0 Å². The zero-order valence-corrected chi connectivity index (χ0v) is 8.44. The van der Waals surface area contributed by atoms with Crippen LogP contribution < -0.4 is 0 Å². The van der Waals surface area contributed by atoms with Gasteiger partial charge in [-0.05, 0) is 6.42 Å². The molecule has 1 aliphatic rings. The Labute approximate surface area is 93.3 Å². The van der Waals surface area contributed by atoms with Crippen molar-refractivity contribution in [1.29, 1.82) is 0 Å². The lowest BCUT2D eigenvalue weighted by Crippen LogP contribution is -2.63. The van der Waals surface area contributed by atoms with E-state index in [1.807, 2.05) is 0 Å². The third kappa shape index (κ3) is 2.50. The first-order valence-electron chi connectivity index (χ1n) is 4.59. The molecule has 0 spiro atoms. The standard InChI is InChI=1S/C8H10F3NO5/c9-8(10,11)5(14)12-2-1-4(13)7(17,3-12)6(15)16/h4,13,17H,1-3H2,(H,15,16)/t4-,7+/m1/s1. The third-order valence-corrected chi connectivity index (χ3v) is 2.56. The van der Waals surface area contributed by atoms with Crippen LogP contribution in [-0.2, 0) is 9.59 Å². The molecule has 0 unspecified atom stereocenters. The number of nitrogens with zero attached hydrogens (tertiary/aromatic N) is 1. The Bertz CT molecular complexity index is 345.